The van der Waals surface area contributed by atoms with Gasteiger partial charge < -0.3 is 14.2 Å². The first-order chi connectivity index (χ1) is 10.2. The topological polar surface area (TPSA) is 96.0 Å². The summed E-state index contributed by atoms with van der Waals surface area (Å²) < 4.78 is 15.6. The molecule has 0 radical (unpaired) electrons. The van der Waals surface area contributed by atoms with Crippen molar-refractivity contribution in [3.8, 4) is 0 Å². The summed E-state index contributed by atoms with van der Waals surface area (Å²) in [6.07, 6.45) is 2.22. The third kappa shape index (κ3) is 1.74. The van der Waals surface area contributed by atoms with E-state index in [1.165, 1.54) is 13.8 Å². The molecule has 0 aromatic rings. The summed E-state index contributed by atoms with van der Waals surface area (Å²) in [6, 6.07) is 0. The molecule has 118 valence electrons. The van der Waals surface area contributed by atoms with E-state index in [0.717, 1.165) is 0 Å². The van der Waals surface area contributed by atoms with Crippen LogP contribution >= 0.6 is 0 Å². The summed E-state index contributed by atoms with van der Waals surface area (Å²) >= 11 is 0. The predicted molar refractivity (Wildman–Crippen MR) is 70.1 cm³/mol. The zero-order chi connectivity index (χ0) is 16.3. The molecule has 4 rings (SSSR count). The lowest BCUT2D eigenvalue weighted by molar-refractivity contribution is -0.196. The van der Waals surface area contributed by atoms with Crippen molar-refractivity contribution in [2.75, 3.05) is 0 Å². The van der Waals surface area contributed by atoms with Crippen LogP contribution in [0, 0.1) is 11.8 Å². The first kappa shape index (κ1) is 14.7. The van der Waals surface area contributed by atoms with E-state index in [9.17, 15) is 19.2 Å². The van der Waals surface area contributed by atoms with Crippen LogP contribution < -0.4 is 0 Å². The number of carbonyl (C=O) groups is 4. The number of hydrogen-bond donors (Lipinski definition) is 0. The second-order valence-corrected chi connectivity index (χ2v) is 6.05. The molecule has 4 unspecified atom stereocenters. The molecule has 0 spiro atoms. The minimum absolute atomic E-state index is 0.292. The van der Waals surface area contributed by atoms with Crippen molar-refractivity contribution in [3.05, 3.63) is 11.6 Å². The molecule has 2 bridgehead atoms. The highest BCUT2D eigenvalue weighted by Crippen LogP contribution is 2.58. The SMILES string of the molecule is CC(=O)OC12C=C(C)C(OC(C)=O)(CC1)C1C(=O)OC(=O)C12. The number of rotatable bonds is 2. The fraction of sp³-hybridized carbons (Fsp3) is 0.600. The molecule has 0 aromatic heterocycles. The van der Waals surface area contributed by atoms with Crippen molar-refractivity contribution in [2.24, 2.45) is 11.8 Å². The Morgan fingerprint density at radius 2 is 1.68 bits per heavy atom. The molecule has 1 saturated heterocycles. The van der Waals surface area contributed by atoms with E-state index in [4.69, 9.17) is 14.2 Å². The van der Waals surface area contributed by atoms with Gasteiger partial charge in [0, 0.05) is 13.8 Å². The number of cyclic esters (lactones) is 2. The normalized spacial score (nSPS) is 39.0. The molecule has 1 heterocycles. The lowest BCUT2D eigenvalue weighted by Crippen LogP contribution is -2.64. The fourth-order valence-corrected chi connectivity index (χ4v) is 4.09. The van der Waals surface area contributed by atoms with Crippen LogP contribution in [0.5, 0.6) is 0 Å². The van der Waals surface area contributed by atoms with Gasteiger partial charge in [0.25, 0.3) is 0 Å². The third-order valence-corrected chi connectivity index (χ3v) is 4.75. The predicted octanol–water partition coefficient (Wildman–Crippen LogP) is 0.660. The Kier molecular flexibility index (Phi) is 2.95. The largest absolute Gasteiger partial charge is 0.454 e. The van der Waals surface area contributed by atoms with Crippen molar-refractivity contribution in [1.82, 2.24) is 0 Å². The van der Waals surface area contributed by atoms with Gasteiger partial charge in [-0.15, -0.1) is 0 Å². The first-order valence-electron chi connectivity index (χ1n) is 7.06. The Hall–Kier alpha value is -2.18. The maximum atomic E-state index is 12.2. The number of fused-ring (bicyclic) bond motifs is 1. The van der Waals surface area contributed by atoms with E-state index in [1.54, 1.807) is 13.0 Å². The zero-order valence-corrected chi connectivity index (χ0v) is 12.5. The van der Waals surface area contributed by atoms with Crippen molar-refractivity contribution in [3.63, 3.8) is 0 Å². The maximum Gasteiger partial charge on any atom is 0.322 e. The van der Waals surface area contributed by atoms with Crippen LogP contribution in [0.15, 0.2) is 11.6 Å². The Morgan fingerprint density at radius 1 is 1.09 bits per heavy atom. The Labute approximate surface area is 126 Å². The van der Waals surface area contributed by atoms with Crippen LogP contribution in [-0.4, -0.2) is 35.1 Å². The summed E-state index contributed by atoms with van der Waals surface area (Å²) in [5.74, 6) is -4.50. The number of ether oxygens (including phenoxy) is 3. The highest BCUT2D eigenvalue weighted by Gasteiger charge is 2.72. The average Bonchev–Trinajstić information content (AvgIpc) is 2.68. The molecule has 0 amide bonds. The van der Waals surface area contributed by atoms with Crippen LogP contribution in [0.25, 0.3) is 0 Å². The van der Waals surface area contributed by atoms with Crippen LogP contribution in [-0.2, 0) is 33.4 Å². The second-order valence-electron chi connectivity index (χ2n) is 6.05. The maximum absolute atomic E-state index is 12.2. The molecule has 4 atom stereocenters. The summed E-state index contributed by atoms with van der Waals surface area (Å²) in [7, 11) is 0. The molecular weight excluding hydrogens is 292 g/mol. The lowest BCUT2D eigenvalue weighted by atomic mass is 9.55. The average molecular weight is 308 g/mol. The molecule has 0 N–H and O–H groups in total. The van der Waals surface area contributed by atoms with Crippen LogP contribution in [0.1, 0.15) is 33.6 Å². The third-order valence-electron chi connectivity index (χ3n) is 4.75. The van der Waals surface area contributed by atoms with Crippen LogP contribution in [0.4, 0.5) is 0 Å². The molecule has 1 saturated carbocycles. The quantitative estimate of drug-likeness (QED) is 0.320. The van der Waals surface area contributed by atoms with Crippen LogP contribution in [0.2, 0.25) is 0 Å². The summed E-state index contributed by atoms with van der Waals surface area (Å²) in [5.41, 5.74) is -1.80. The molecule has 4 aliphatic rings. The highest BCUT2D eigenvalue weighted by molar-refractivity contribution is 6.00. The van der Waals surface area contributed by atoms with Crippen molar-refractivity contribution in [1.29, 1.82) is 0 Å². The minimum atomic E-state index is -1.20. The summed E-state index contributed by atoms with van der Waals surface area (Å²) in [6.45, 7) is 4.20. The Balaban J connectivity index is 2.17. The van der Waals surface area contributed by atoms with Gasteiger partial charge in [-0.3, -0.25) is 19.2 Å². The Morgan fingerprint density at radius 3 is 2.23 bits per heavy atom. The van der Waals surface area contributed by atoms with E-state index < -0.39 is 46.9 Å². The summed E-state index contributed by atoms with van der Waals surface area (Å²) in [4.78, 5) is 47.3. The van der Waals surface area contributed by atoms with E-state index in [-0.39, 0.29) is 0 Å². The number of esters is 4. The van der Waals surface area contributed by atoms with Crippen molar-refractivity contribution < 1.29 is 33.4 Å². The molecule has 7 heteroatoms. The zero-order valence-electron chi connectivity index (χ0n) is 12.5. The molecule has 2 fully saturated rings. The molecule has 7 nitrogen and oxygen atoms in total. The van der Waals surface area contributed by atoms with Gasteiger partial charge in [0.2, 0.25) is 0 Å². The minimum Gasteiger partial charge on any atom is -0.454 e. The van der Waals surface area contributed by atoms with E-state index in [0.29, 0.717) is 18.4 Å². The van der Waals surface area contributed by atoms with E-state index in [2.05, 4.69) is 0 Å². The smallest absolute Gasteiger partial charge is 0.322 e. The van der Waals surface area contributed by atoms with Crippen LogP contribution in [0.3, 0.4) is 0 Å². The highest BCUT2D eigenvalue weighted by atomic mass is 16.6. The molecule has 3 aliphatic carbocycles. The standard InChI is InChI=1S/C15H16O7/c1-7-6-14(21-8(2)16)4-5-15(7,22-9(3)17)11-10(14)12(18)20-13(11)19/h6,10-11H,4-5H2,1-3H3. The van der Waals surface area contributed by atoms with Gasteiger partial charge in [-0.05, 0) is 31.4 Å². The molecular formula is C15H16O7. The second kappa shape index (κ2) is 4.41. The van der Waals surface area contributed by atoms with Crippen molar-refractivity contribution >= 4 is 23.9 Å². The van der Waals surface area contributed by atoms with E-state index in [1.807, 2.05) is 0 Å². The van der Waals surface area contributed by atoms with Gasteiger partial charge in [0.1, 0.15) is 23.0 Å². The molecule has 0 aromatic carbocycles. The number of carbonyl (C=O) groups excluding carboxylic acids is 4. The number of hydrogen-bond acceptors (Lipinski definition) is 7. The van der Waals surface area contributed by atoms with Gasteiger partial charge in [-0.1, -0.05) is 0 Å². The van der Waals surface area contributed by atoms with E-state index >= 15 is 0 Å². The molecule has 22 heavy (non-hydrogen) atoms. The van der Waals surface area contributed by atoms with Gasteiger partial charge >= 0.3 is 23.9 Å². The van der Waals surface area contributed by atoms with Gasteiger partial charge in [0.15, 0.2) is 0 Å². The van der Waals surface area contributed by atoms with Gasteiger partial charge in [-0.25, -0.2) is 0 Å². The fourth-order valence-electron chi connectivity index (χ4n) is 4.09. The lowest BCUT2D eigenvalue weighted by Gasteiger charge is -2.53. The van der Waals surface area contributed by atoms with Gasteiger partial charge in [-0.2, -0.15) is 0 Å². The van der Waals surface area contributed by atoms with Crippen molar-refractivity contribution in [2.45, 2.75) is 44.8 Å². The molecule has 1 aliphatic heterocycles. The summed E-state index contributed by atoms with van der Waals surface area (Å²) in [5, 5.41) is 0. The first-order valence-corrected chi connectivity index (χ1v) is 7.06. The Bertz CT molecular complexity index is 634. The monoisotopic (exact) mass is 308 g/mol. The van der Waals surface area contributed by atoms with Gasteiger partial charge in [0.05, 0.1) is 0 Å².